The lowest BCUT2D eigenvalue weighted by Crippen LogP contribution is -2.26. The van der Waals surface area contributed by atoms with Crippen molar-refractivity contribution in [1.29, 1.82) is 0 Å². The number of amides is 1. The Balaban J connectivity index is 1.72. The summed E-state index contributed by atoms with van der Waals surface area (Å²) in [4.78, 5) is 12.9. The standard InChI is InChI=1S/C23H24ClF2N3O3/c1-14(2)21-18(13-28-29(21)17-6-4-5-16(24)12-17)22(30)27-10-9-15-7-8-19(31-3)20(11-15)32-23(25)26/h4-8,11-14,23H,9-10H2,1-3H3,(H,27,30). The Hall–Kier alpha value is -3.13. The Morgan fingerprint density at radius 2 is 1.97 bits per heavy atom. The molecule has 0 spiro atoms. The van der Waals surface area contributed by atoms with Gasteiger partial charge in [-0.2, -0.15) is 13.9 Å². The van der Waals surface area contributed by atoms with Crippen molar-refractivity contribution in [3.63, 3.8) is 0 Å². The van der Waals surface area contributed by atoms with Crippen molar-refractivity contribution >= 4 is 17.5 Å². The van der Waals surface area contributed by atoms with Crippen LogP contribution in [-0.2, 0) is 6.42 Å². The molecule has 0 saturated carbocycles. The molecule has 0 aliphatic heterocycles. The molecule has 3 rings (SSSR count). The minimum atomic E-state index is -2.95. The van der Waals surface area contributed by atoms with E-state index in [9.17, 15) is 13.6 Å². The summed E-state index contributed by atoms with van der Waals surface area (Å²) in [5.41, 5.74) is 2.73. The average molecular weight is 464 g/mol. The van der Waals surface area contributed by atoms with Gasteiger partial charge >= 0.3 is 6.61 Å². The fourth-order valence-corrected chi connectivity index (χ4v) is 3.57. The minimum absolute atomic E-state index is 0.0351. The Morgan fingerprint density at radius 1 is 1.19 bits per heavy atom. The number of carbonyl (C=O) groups is 1. The zero-order valence-electron chi connectivity index (χ0n) is 17.9. The minimum Gasteiger partial charge on any atom is -0.493 e. The van der Waals surface area contributed by atoms with Gasteiger partial charge in [0.1, 0.15) is 0 Å². The van der Waals surface area contributed by atoms with Crippen LogP contribution in [0.2, 0.25) is 5.02 Å². The number of alkyl halides is 2. The van der Waals surface area contributed by atoms with Crippen molar-refractivity contribution in [1.82, 2.24) is 15.1 Å². The van der Waals surface area contributed by atoms with Crippen LogP contribution in [0, 0.1) is 0 Å². The molecule has 0 atom stereocenters. The first-order valence-corrected chi connectivity index (χ1v) is 10.4. The van der Waals surface area contributed by atoms with Gasteiger partial charge in [0.05, 0.1) is 30.3 Å². The number of carbonyl (C=O) groups excluding carboxylic acids is 1. The highest BCUT2D eigenvalue weighted by Gasteiger charge is 2.21. The summed E-state index contributed by atoms with van der Waals surface area (Å²) in [5.74, 6) is -0.0586. The lowest BCUT2D eigenvalue weighted by Gasteiger charge is -2.14. The van der Waals surface area contributed by atoms with Crippen molar-refractivity contribution in [2.45, 2.75) is 32.8 Å². The maximum absolute atomic E-state index is 12.9. The second kappa shape index (κ2) is 10.5. The van der Waals surface area contributed by atoms with E-state index in [-0.39, 0.29) is 23.3 Å². The monoisotopic (exact) mass is 463 g/mol. The predicted molar refractivity (Wildman–Crippen MR) is 118 cm³/mol. The molecule has 0 saturated heterocycles. The molecule has 32 heavy (non-hydrogen) atoms. The molecule has 170 valence electrons. The van der Waals surface area contributed by atoms with E-state index >= 15 is 0 Å². The lowest BCUT2D eigenvalue weighted by atomic mass is 10.0. The molecule has 1 aromatic heterocycles. The molecule has 0 bridgehead atoms. The summed E-state index contributed by atoms with van der Waals surface area (Å²) in [6.07, 6.45) is 1.96. The highest BCUT2D eigenvalue weighted by atomic mass is 35.5. The Kier molecular flexibility index (Phi) is 7.69. The summed E-state index contributed by atoms with van der Waals surface area (Å²) < 4.78 is 36.5. The van der Waals surface area contributed by atoms with Gasteiger partial charge in [-0.3, -0.25) is 4.79 Å². The number of halogens is 3. The van der Waals surface area contributed by atoms with Crippen LogP contribution >= 0.6 is 11.6 Å². The van der Waals surface area contributed by atoms with E-state index < -0.39 is 6.61 Å². The number of benzene rings is 2. The molecule has 0 radical (unpaired) electrons. The largest absolute Gasteiger partial charge is 0.493 e. The molecule has 0 fully saturated rings. The van der Waals surface area contributed by atoms with E-state index in [0.717, 1.165) is 16.9 Å². The highest BCUT2D eigenvalue weighted by Crippen LogP contribution is 2.29. The third-order valence-corrected chi connectivity index (χ3v) is 5.03. The number of nitrogens with zero attached hydrogens (tertiary/aromatic N) is 2. The van der Waals surface area contributed by atoms with E-state index in [1.54, 1.807) is 28.9 Å². The van der Waals surface area contributed by atoms with E-state index in [4.69, 9.17) is 16.3 Å². The maximum atomic E-state index is 12.9. The third kappa shape index (κ3) is 5.56. The molecule has 1 amide bonds. The van der Waals surface area contributed by atoms with Crippen molar-refractivity contribution in [3.8, 4) is 17.2 Å². The quantitative estimate of drug-likeness (QED) is 0.472. The molecule has 0 aliphatic carbocycles. The topological polar surface area (TPSA) is 65.4 Å². The first-order chi connectivity index (χ1) is 15.3. The van der Waals surface area contributed by atoms with E-state index in [1.165, 1.54) is 19.4 Å². The fraction of sp³-hybridized carbons (Fsp3) is 0.304. The second-order valence-electron chi connectivity index (χ2n) is 7.36. The number of nitrogens with one attached hydrogen (secondary N) is 1. The van der Waals surface area contributed by atoms with Gasteiger partial charge in [0.15, 0.2) is 11.5 Å². The number of aromatic nitrogens is 2. The number of rotatable bonds is 9. The van der Waals surface area contributed by atoms with Crippen LogP contribution in [0.3, 0.4) is 0 Å². The van der Waals surface area contributed by atoms with Gasteiger partial charge in [0, 0.05) is 11.6 Å². The Labute approximate surface area is 190 Å². The first-order valence-electron chi connectivity index (χ1n) is 10.0. The smallest absolute Gasteiger partial charge is 0.387 e. The summed E-state index contributed by atoms with van der Waals surface area (Å²) in [6, 6.07) is 12.0. The van der Waals surface area contributed by atoms with Gasteiger partial charge in [-0.1, -0.05) is 37.6 Å². The zero-order valence-corrected chi connectivity index (χ0v) is 18.7. The predicted octanol–water partition coefficient (Wildman–Crippen LogP) is 5.23. The Morgan fingerprint density at radius 3 is 2.62 bits per heavy atom. The highest BCUT2D eigenvalue weighted by molar-refractivity contribution is 6.30. The third-order valence-electron chi connectivity index (χ3n) is 4.79. The SMILES string of the molecule is COc1ccc(CCNC(=O)c2cnn(-c3cccc(Cl)c3)c2C(C)C)cc1OC(F)F. The summed E-state index contributed by atoms with van der Waals surface area (Å²) in [7, 11) is 1.38. The van der Waals surface area contributed by atoms with E-state index in [1.807, 2.05) is 26.0 Å². The number of methoxy groups -OCH3 is 1. The zero-order chi connectivity index (χ0) is 23.3. The number of ether oxygens (including phenoxy) is 2. The van der Waals surface area contributed by atoms with Crippen LogP contribution in [-0.4, -0.2) is 36.0 Å². The molecule has 9 heteroatoms. The van der Waals surface area contributed by atoms with Gasteiger partial charge in [-0.25, -0.2) is 4.68 Å². The van der Waals surface area contributed by atoms with Gasteiger partial charge in [0.2, 0.25) is 0 Å². The lowest BCUT2D eigenvalue weighted by molar-refractivity contribution is -0.0512. The maximum Gasteiger partial charge on any atom is 0.387 e. The molecular weight excluding hydrogens is 440 g/mol. The molecule has 1 heterocycles. The first kappa shape index (κ1) is 23.5. The van der Waals surface area contributed by atoms with Crippen LogP contribution in [0.15, 0.2) is 48.7 Å². The van der Waals surface area contributed by atoms with Crippen molar-refractivity contribution in [3.05, 3.63) is 70.5 Å². The number of hydrogen-bond donors (Lipinski definition) is 1. The normalized spacial score (nSPS) is 11.1. The Bertz CT molecular complexity index is 1090. The summed E-state index contributed by atoms with van der Waals surface area (Å²) in [6.45, 7) is 1.32. The average Bonchev–Trinajstić information content (AvgIpc) is 3.19. The molecule has 0 unspecified atom stereocenters. The van der Waals surface area contributed by atoms with Gasteiger partial charge in [0.25, 0.3) is 5.91 Å². The van der Waals surface area contributed by atoms with Gasteiger partial charge in [-0.15, -0.1) is 0 Å². The van der Waals surface area contributed by atoms with Crippen molar-refractivity contribution in [2.24, 2.45) is 0 Å². The summed E-state index contributed by atoms with van der Waals surface area (Å²) >= 11 is 6.10. The van der Waals surface area contributed by atoms with Gasteiger partial charge in [-0.05, 0) is 48.2 Å². The van der Waals surface area contributed by atoms with Crippen LogP contribution < -0.4 is 14.8 Å². The van der Waals surface area contributed by atoms with Crippen molar-refractivity contribution < 1.29 is 23.0 Å². The molecule has 1 N–H and O–H groups in total. The molecule has 6 nitrogen and oxygen atoms in total. The summed E-state index contributed by atoms with van der Waals surface area (Å²) in [5, 5.41) is 7.84. The van der Waals surface area contributed by atoms with Crippen LogP contribution in [0.1, 0.15) is 41.4 Å². The van der Waals surface area contributed by atoms with Crippen molar-refractivity contribution in [2.75, 3.05) is 13.7 Å². The molecule has 3 aromatic rings. The van der Waals surface area contributed by atoms with E-state index in [0.29, 0.717) is 23.6 Å². The van der Waals surface area contributed by atoms with Crippen LogP contribution in [0.25, 0.3) is 5.69 Å². The number of hydrogen-bond acceptors (Lipinski definition) is 4. The van der Waals surface area contributed by atoms with Crippen LogP contribution in [0.4, 0.5) is 8.78 Å². The van der Waals surface area contributed by atoms with E-state index in [2.05, 4.69) is 15.2 Å². The van der Waals surface area contributed by atoms with Gasteiger partial charge < -0.3 is 14.8 Å². The van der Waals surface area contributed by atoms with Crippen LogP contribution in [0.5, 0.6) is 11.5 Å². The molecule has 2 aromatic carbocycles. The fourth-order valence-electron chi connectivity index (χ4n) is 3.38. The molecular formula is C23H24ClF2N3O3. The molecule has 0 aliphatic rings. The second-order valence-corrected chi connectivity index (χ2v) is 7.80.